The van der Waals surface area contributed by atoms with Crippen molar-refractivity contribution in [2.75, 3.05) is 12.3 Å². The van der Waals surface area contributed by atoms with Gasteiger partial charge < -0.3 is 5.32 Å². The van der Waals surface area contributed by atoms with Gasteiger partial charge in [-0.3, -0.25) is 4.98 Å². The Balaban J connectivity index is 1.86. The molecule has 0 aliphatic heterocycles. The van der Waals surface area contributed by atoms with Crippen LogP contribution in [0.15, 0.2) is 53.7 Å². The minimum Gasteiger partial charge on any atom is -0.310 e. The first-order valence-corrected chi connectivity index (χ1v) is 8.63. The van der Waals surface area contributed by atoms with Gasteiger partial charge in [0.2, 0.25) is 0 Å². The molecule has 2 nitrogen and oxygen atoms in total. The molecule has 0 radical (unpaired) electrons. The number of hydrogen-bond acceptors (Lipinski definition) is 3. The number of benzene rings is 1. The zero-order valence-electron chi connectivity index (χ0n) is 12.9. The second-order valence-corrected chi connectivity index (χ2v) is 6.38. The highest BCUT2D eigenvalue weighted by molar-refractivity contribution is 7.99. The predicted molar refractivity (Wildman–Crippen MR) is 91.8 cm³/mol. The molecule has 1 aromatic heterocycles. The molecule has 2 aromatic rings. The average molecular weight is 300 g/mol. The van der Waals surface area contributed by atoms with Crippen LogP contribution in [0.3, 0.4) is 0 Å². The second kappa shape index (κ2) is 8.85. The van der Waals surface area contributed by atoms with Gasteiger partial charge in [0.15, 0.2) is 0 Å². The number of nitrogens with one attached hydrogen (secondary N) is 1. The summed E-state index contributed by atoms with van der Waals surface area (Å²) in [6.45, 7) is 5.50. The van der Waals surface area contributed by atoms with E-state index in [9.17, 15) is 0 Å². The Morgan fingerprint density at radius 2 is 2.14 bits per heavy atom. The van der Waals surface area contributed by atoms with Crippen LogP contribution in [0.1, 0.15) is 37.4 Å². The minimum absolute atomic E-state index is 0.420. The first kappa shape index (κ1) is 16.1. The van der Waals surface area contributed by atoms with E-state index >= 15 is 0 Å². The number of thioether (sulfide) groups is 1. The molecular formula is C18H24N2S. The summed E-state index contributed by atoms with van der Waals surface area (Å²) in [6, 6.07) is 13.4. The summed E-state index contributed by atoms with van der Waals surface area (Å²) in [4.78, 5) is 5.51. The van der Waals surface area contributed by atoms with Crippen LogP contribution in [0.25, 0.3) is 0 Å². The van der Waals surface area contributed by atoms with Gasteiger partial charge >= 0.3 is 0 Å². The van der Waals surface area contributed by atoms with Crippen molar-refractivity contribution in [3.8, 4) is 0 Å². The summed E-state index contributed by atoms with van der Waals surface area (Å²) in [5.41, 5.74) is 2.67. The number of nitrogens with zero attached hydrogens (tertiary/aromatic N) is 1. The number of aryl methyl sites for hydroxylation is 1. The van der Waals surface area contributed by atoms with Gasteiger partial charge in [-0.15, -0.1) is 11.8 Å². The lowest BCUT2D eigenvalue weighted by molar-refractivity contribution is 0.570. The van der Waals surface area contributed by atoms with Crippen LogP contribution in [-0.2, 0) is 6.42 Å². The molecule has 3 heteroatoms. The minimum atomic E-state index is 0.420. The molecule has 1 aromatic carbocycles. The van der Waals surface area contributed by atoms with Crippen LogP contribution in [0.2, 0.25) is 0 Å². The van der Waals surface area contributed by atoms with Crippen molar-refractivity contribution in [2.45, 2.75) is 37.6 Å². The molecule has 0 bridgehead atoms. The van der Waals surface area contributed by atoms with Crippen LogP contribution in [0.4, 0.5) is 0 Å². The van der Waals surface area contributed by atoms with Gasteiger partial charge in [-0.05, 0) is 55.6 Å². The number of pyridine rings is 1. The molecule has 1 N–H and O–H groups in total. The third-order valence-corrected chi connectivity index (χ3v) is 4.44. The molecule has 0 aliphatic carbocycles. The monoisotopic (exact) mass is 300 g/mol. The fourth-order valence-electron chi connectivity index (χ4n) is 2.19. The lowest BCUT2D eigenvalue weighted by atomic mass is 10.1. The van der Waals surface area contributed by atoms with Crippen LogP contribution in [-0.4, -0.2) is 17.3 Å². The van der Waals surface area contributed by atoms with Crippen LogP contribution in [0.5, 0.6) is 0 Å². The van der Waals surface area contributed by atoms with Crippen LogP contribution in [0, 0.1) is 0 Å². The molecule has 0 saturated carbocycles. The van der Waals surface area contributed by atoms with Crippen molar-refractivity contribution in [2.24, 2.45) is 0 Å². The maximum absolute atomic E-state index is 4.16. The summed E-state index contributed by atoms with van der Waals surface area (Å²) < 4.78 is 0. The molecule has 0 fully saturated rings. The molecular weight excluding hydrogens is 276 g/mol. The van der Waals surface area contributed by atoms with Gasteiger partial charge in [0, 0.05) is 29.1 Å². The van der Waals surface area contributed by atoms with Gasteiger partial charge in [-0.1, -0.05) is 25.1 Å². The number of aromatic nitrogens is 1. The lowest BCUT2D eigenvalue weighted by Gasteiger charge is -2.14. The highest BCUT2D eigenvalue weighted by atomic mass is 32.2. The zero-order chi connectivity index (χ0) is 14.9. The first-order valence-electron chi connectivity index (χ1n) is 7.64. The molecule has 112 valence electrons. The molecule has 0 saturated heterocycles. The normalized spacial score (nSPS) is 12.3. The van der Waals surface area contributed by atoms with E-state index < -0.39 is 0 Å². The second-order valence-electron chi connectivity index (χ2n) is 5.21. The Morgan fingerprint density at radius 3 is 2.90 bits per heavy atom. The van der Waals surface area contributed by atoms with Crippen molar-refractivity contribution < 1.29 is 0 Å². The molecule has 0 aliphatic rings. The highest BCUT2D eigenvalue weighted by Gasteiger charge is 2.05. The van der Waals surface area contributed by atoms with Gasteiger partial charge in [-0.25, -0.2) is 0 Å². The summed E-state index contributed by atoms with van der Waals surface area (Å²) in [7, 11) is 0. The smallest absolute Gasteiger partial charge is 0.0300 e. The van der Waals surface area contributed by atoms with Crippen molar-refractivity contribution in [1.82, 2.24) is 10.3 Å². The summed E-state index contributed by atoms with van der Waals surface area (Å²) in [6.07, 6.45) is 6.01. The highest BCUT2D eigenvalue weighted by Crippen LogP contribution is 2.23. The van der Waals surface area contributed by atoms with Gasteiger partial charge in [0.05, 0.1) is 0 Å². The standard InChI is InChI=1S/C18H24N2S/c1-3-10-20-15(2)17-7-4-8-18(13-17)21-12-9-16-6-5-11-19-14-16/h4-8,11,13-15,20H,3,9-10,12H2,1-2H3. The van der Waals surface area contributed by atoms with Crippen molar-refractivity contribution in [1.29, 1.82) is 0 Å². The molecule has 1 atom stereocenters. The average Bonchev–Trinajstić information content (AvgIpc) is 2.54. The molecule has 0 spiro atoms. The van der Waals surface area contributed by atoms with E-state index in [0.29, 0.717) is 6.04 Å². The van der Waals surface area contributed by atoms with Gasteiger partial charge in [0.25, 0.3) is 0 Å². The predicted octanol–water partition coefficient (Wildman–Crippen LogP) is 4.48. The van der Waals surface area contributed by atoms with E-state index in [0.717, 1.165) is 18.7 Å². The van der Waals surface area contributed by atoms with Crippen LogP contribution >= 0.6 is 11.8 Å². The third kappa shape index (κ3) is 5.52. The van der Waals surface area contributed by atoms with E-state index in [1.54, 1.807) is 0 Å². The fourth-order valence-corrected chi connectivity index (χ4v) is 3.15. The van der Waals surface area contributed by atoms with Crippen LogP contribution < -0.4 is 5.32 Å². The van der Waals surface area contributed by atoms with Crippen molar-refractivity contribution >= 4 is 11.8 Å². The maximum atomic E-state index is 4.16. The Morgan fingerprint density at radius 1 is 1.24 bits per heavy atom. The number of rotatable bonds is 8. The van der Waals surface area contributed by atoms with E-state index in [-0.39, 0.29) is 0 Å². The molecule has 2 rings (SSSR count). The first-order chi connectivity index (χ1) is 10.3. The van der Waals surface area contributed by atoms with Crippen molar-refractivity contribution in [3.05, 3.63) is 59.9 Å². The molecule has 0 amide bonds. The molecule has 21 heavy (non-hydrogen) atoms. The topological polar surface area (TPSA) is 24.9 Å². The van der Waals surface area contributed by atoms with E-state index in [1.165, 1.54) is 22.4 Å². The molecule has 1 heterocycles. The quantitative estimate of drug-likeness (QED) is 0.728. The summed E-state index contributed by atoms with van der Waals surface area (Å²) in [5, 5.41) is 3.54. The van der Waals surface area contributed by atoms with Crippen molar-refractivity contribution in [3.63, 3.8) is 0 Å². The van der Waals surface area contributed by atoms with E-state index in [1.807, 2.05) is 30.2 Å². The van der Waals surface area contributed by atoms with Gasteiger partial charge in [0.1, 0.15) is 0 Å². The SMILES string of the molecule is CCCNC(C)c1cccc(SCCc2cccnc2)c1. The summed E-state index contributed by atoms with van der Waals surface area (Å²) >= 11 is 1.92. The van der Waals surface area contributed by atoms with E-state index in [4.69, 9.17) is 0 Å². The van der Waals surface area contributed by atoms with Gasteiger partial charge in [-0.2, -0.15) is 0 Å². The fraction of sp³-hybridized carbons (Fsp3) is 0.389. The Hall–Kier alpha value is -1.32. The lowest BCUT2D eigenvalue weighted by Crippen LogP contribution is -2.19. The Labute approximate surface area is 132 Å². The molecule has 1 unspecified atom stereocenters. The Bertz CT molecular complexity index is 528. The zero-order valence-corrected chi connectivity index (χ0v) is 13.7. The largest absolute Gasteiger partial charge is 0.310 e. The summed E-state index contributed by atoms with van der Waals surface area (Å²) in [5.74, 6) is 1.09. The van der Waals surface area contributed by atoms with E-state index in [2.05, 4.69) is 54.5 Å². The number of hydrogen-bond donors (Lipinski definition) is 1. The maximum Gasteiger partial charge on any atom is 0.0300 e. The Kier molecular flexibility index (Phi) is 6.77. The third-order valence-electron chi connectivity index (χ3n) is 3.44.